The molecule has 0 aliphatic carbocycles. The number of carbonyl (C=O) groups is 3. The van der Waals surface area contributed by atoms with Gasteiger partial charge in [-0.05, 0) is 26.3 Å². The van der Waals surface area contributed by atoms with Crippen molar-refractivity contribution < 1.29 is 53.8 Å². The molecule has 4 bridgehead atoms. The van der Waals surface area contributed by atoms with E-state index < -0.39 is 77.3 Å². The molecule has 3 aromatic rings. The summed E-state index contributed by atoms with van der Waals surface area (Å²) < 4.78 is 24.1. The number of benzene rings is 2. The molecule has 0 saturated carbocycles. The normalized spacial score (nSPS) is 31.0. The number of anilines is 2. The highest BCUT2D eigenvalue weighted by Crippen LogP contribution is 2.55. The summed E-state index contributed by atoms with van der Waals surface area (Å²) in [6.07, 6.45) is 4.71. The molecule has 2 aliphatic heterocycles. The zero-order valence-electron chi connectivity index (χ0n) is 33.4. The summed E-state index contributed by atoms with van der Waals surface area (Å²) in [6.45, 7) is 15.4. The van der Waals surface area contributed by atoms with Crippen molar-refractivity contribution in [1.82, 2.24) is 4.98 Å². The van der Waals surface area contributed by atoms with Crippen molar-refractivity contribution in [2.24, 2.45) is 23.7 Å². The molecule has 1 amide bonds. The number of aromatic nitrogens is 1. The van der Waals surface area contributed by atoms with E-state index >= 15 is 0 Å². The number of esters is 1. The molecule has 304 valence electrons. The van der Waals surface area contributed by atoms with E-state index in [2.05, 4.69) is 10.6 Å². The van der Waals surface area contributed by atoms with Crippen molar-refractivity contribution >= 4 is 60.8 Å². The summed E-state index contributed by atoms with van der Waals surface area (Å²) in [5.74, 6) is -6.83. The number of rotatable bonds is 5. The van der Waals surface area contributed by atoms with Crippen molar-refractivity contribution in [3.8, 4) is 17.2 Å². The Balaban J connectivity index is 1.72. The average Bonchev–Trinajstić information content (AvgIpc) is 3.70. The van der Waals surface area contributed by atoms with Crippen LogP contribution in [0.1, 0.15) is 77.7 Å². The Kier molecular flexibility index (Phi) is 12.7. The largest absolute Gasteiger partial charge is 0.507 e. The highest BCUT2D eigenvalue weighted by molar-refractivity contribution is 7.23. The van der Waals surface area contributed by atoms with Gasteiger partial charge >= 0.3 is 11.8 Å². The molecule has 9 unspecified atom stereocenters. The number of aromatic hydroxyl groups is 2. The average molecular weight is 796 g/mol. The molecule has 0 fully saturated rings. The van der Waals surface area contributed by atoms with Crippen LogP contribution in [0.2, 0.25) is 0 Å². The maximum absolute atomic E-state index is 14.5. The highest BCUT2D eigenvalue weighted by atomic mass is 32.1. The molecule has 14 nitrogen and oxygen atoms in total. The number of ketones is 1. The predicted octanol–water partition coefficient (Wildman–Crippen LogP) is 6.48. The fourth-order valence-electron chi connectivity index (χ4n) is 7.43. The van der Waals surface area contributed by atoms with Crippen molar-refractivity contribution in [3.63, 3.8) is 0 Å². The number of hydrogen-bond donors (Lipinski definition) is 6. The van der Waals surface area contributed by atoms with Crippen LogP contribution in [0.15, 0.2) is 36.1 Å². The number of fused-ring (bicyclic) bond motifs is 1. The van der Waals surface area contributed by atoms with Gasteiger partial charge < -0.3 is 50.0 Å². The van der Waals surface area contributed by atoms with Gasteiger partial charge in [0.2, 0.25) is 0 Å². The van der Waals surface area contributed by atoms with Crippen LogP contribution in [-0.2, 0) is 23.8 Å². The second-order valence-corrected chi connectivity index (χ2v) is 16.0. The summed E-state index contributed by atoms with van der Waals surface area (Å²) >= 11 is 1.16. The third-order valence-electron chi connectivity index (χ3n) is 10.9. The van der Waals surface area contributed by atoms with Crippen LogP contribution in [0.5, 0.6) is 17.2 Å². The lowest BCUT2D eigenvalue weighted by atomic mass is 9.78. The number of allylic oxidation sites excluding steroid dienone is 2. The molecule has 56 heavy (non-hydrogen) atoms. The van der Waals surface area contributed by atoms with Crippen molar-refractivity contribution in [2.75, 3.05) is 24.3 Å². The van der Waals surface area contributed by atoms with Crippen LogP contribution in [0.25, 0.3) is 21.0 Å². The molecule has 2 aliphatic rings. The molecule has 0 saturated heterocycles. The predicted molar refractivity (Wildman–Crippen MR) is 214 cm³/mol. The van der Waals surface area contributed by atoms with Crippen molar-refractivity contribution in [1.29, 1.82) is 0 Å². The van der Waals surface area contributed by atoms with Gasteiger partial charge in [0.25, 0.3) is 11.7 Å². The number of phenols is 2. The second-order valence-electron chi connectivity index (χ2n) is 15.0. The number of nitrogens with one attached hydrogen (secondary N) is 2. The number of aliphatic hydroxyl groups excluding tert-OH is 2. The molecule has 0 radical (unpaired) electrons. The first kappa shape index (κ1) is 42.4. The van der Waals surface area contributed by atoms with Gasteiger partial charge in [0.05, 0.1) is 45.7 Å². The minimum Gasteiger partial charge on any atom is -0.507 e. The van der Waals surface area contributed by atoms with E-state index in [0.717, 1.165) is 17.8 Å². The van der Waals surface area contributed by atoms with Crippen molar-refractivity contribution in [2.45, 2.75) is 98.9 Å². The van der Waals surface area contributed by atoms with E-state index in [1.165, 1.54) is 40.2 Å². The van der Waals surface area contributed by atoms with Gasteiger partial charge in [-0.3, -0.25) is 14.4 Å². The van der Waals surface area contributed by atoms with E-state index in [-0.39, 0.29) is 50.2 Å². The van der Waals surface area contributed by atoms with Gasteiger partial charge in [-0.15, -0.1) is 0 Å². The molecular formula is C41H53N3O11S. The number of methoxy groups -OCH3 is 1. The number of phenolic OH excluding ortho intramolecular Hbond substituents is 2. The lowest BCUT2D eigenvalue weighted by molar-refractivity contribution is -0.160. The number of aliphatic hydroxyl groups is 2. The molecule has 6 N–H and O–H groups in total. The summed E-state index contributed by atoms with van der Waals surface area (Å²) in [7, 11) is 1.46. The number of carbonyl (C=O) groups excluding carboxylic acids is 3. The summed E-state index contributed by atoms with van der Waals surface area (Å²) in [6, 6.07) is 0. The van der Waals surface area contributed by atoms with E-state index in [1.807, 2.05) is 6.92 Å². The smallest absolute Gasteiger partial charge is 0.312 e. The minimum absolute atomic E-state index is 0.00111. The molecule has 5 rings (SSSR count). The quantitative estimate of drug-likeness (QED) is 0.121. The van der Waals surface area contributed by atoms with Crippen LogP contribution in [0, 0.1) is 30.6 Å². The number of nitrogens with zero attached hydrogens (tertiary/aromatic N) is 1. The third-order valence-corrected chi connectivity index (χ3v) is 11.9. The van der Waals surface area contributed by atoms with Gasteiger partial charge in [-0.25, -0.2) is 4.98 Å². The molecule has 9 atom stereocenters. The van der Waals surface area contributed by atoms with E-state index in [0.29, 0.717) is 16.4 Å². The van der Waals surface area contributed by atoms with Crippen LogP contribution in [0.3, 0.4) is 0 Å². The molecule has 1 aromatic heterocycles. The van der Waals surface area contributed by atoms with Crippen LogP contribution in [0.4, 0.5) is 10.8 Å². The maximum atomic E-state index is 14.5. The summed E-state index contributed by atoms with van der Waals surface area (Å²) in [4.78, 5) is 45.2. The SMILES string of the molecule is CCCNc1nc2c(s1)c1c(O)c3c(O)c(C)c4c(c32)C(=O)C(C)(O/C=C\C(OC)C(C)C(OC(C)=O)C(C)C(O)C(C)C(O)C(C)/C=C/C=C(/C)C(=O)N1)O4. The molecular weight excluding hydrogens is 743 g/mol. The van der Waals surface area contributed by atoms with Gasteiger partial charge in [-0.2, -0.15) is 0 Å². The Morgan fingerprint density at radius 1 is 1.04 bits per heavy atom. The van der Waals surface area contributed by atoms with E-state index in [1.54, 1.807) is 52.8 Å². The van der Waals surface area contributed by atoms with Crippen LogP contribution >= 0.6 is 11.3 Å². The first-order valence-corrected chi connectivity index (χ1v) is 19.6. The third kappa shape index (κ3) is 7.82. The van der Waals surface area contributed by atoms with Crippen molar-refractivity contribution in [3.05, 3.63) is 47.3 Å². The van der Waals surface area contributed by atoms with E-state index in [9.17, 15) is 34.8 Å². The molecule has 15 heteroatoms. The minimum atomic E-state index is -1.94. The Hall–Kier alpha value is -4.70. The number of amides is 1. The lowest BCUT2D eigenvalue weighted by Crippen LogP contribution is -2.46. The molecule has 3 heterocycles. The fourth-order valence-corrected chi connectivity index (χ4v) is 8.43. The Bertz CT molecular complexity index is 2110. The van der Waals surface area contributed by atoms with Crippen LogP contribution < -0.4 is 15.4 Å². The van der Waals surface area contributed by atoms with Gasteiger partial charge in [0.1, 0.15) is 23.3 Å². The molecule has 0 spiro atoms. The zero-order valence-corrected chi connectivity index (χ0v) is 34.2. The Morgan fingerprint density at radius 3 is 2.38 bits per heavy atom. The number of Topliss-reactive ketones (excluding diaryl/α,β-unsaturated/α-hetero) is 1. The second kappa shape index (κ2) is 16.8. The van der Waals surface area contributed by atoms with E-state index in [4.69, 9.17) is 23.9 Å². The monoisotopic (exact) mass is 795 g/mol. The van der Waals surface area contributed by atoms with Crippen LogP contribution in [-0.4, -0.2) is 86.9 Å². The van der Waals surface area contributed by atoms with Gasteiger partial charge in [-0.1, -0.05) is 64.2 Å². The van der Waals surface area contributed by atoms with Gasteiger partial charge in [0.15, 0.2) is 10.9 Å². The molecule has 2 aromatic carbocycles. The van der Waals surface area contributed by atoms with Gasteiger partial charge in [0, 0.05) is 67.7 Å². The summed E-state index contributed by atoms with van der Waals surface area (Å²) in [5, 5.41) is 52.8. The Morgan fingerprint density at radius 2 is 1.73 bits per heavy atom. The first-order valence-electron chi connectivity index (χ1n) is 18.8. The topological polar surface area (TPSA) is 206 Å². The maximum Gasteiger partial charge on any atom is 0.312 e. The number of hydrogen-bond acceptors (Lipinski definition) is 14. The number of thiazole rings is 1. The fraction of sp³-hybridized carbons (Fsp3) is 0.512. The Labute approximate surface area is 330 Å². The standard InChI is InChI=1S/C41H53N3O11S/c1-11-16-42-40-44-29-26-27-33(48)23(7)36-28(26)38(50)41(9,55-36)53-17-15-25(52-10)20(4)35(54-24(8)45)22(6)32(47)21(5)31(46)18(2)13-12-14-19(3)39(51)43-30(34(27)49)37(29)56-40/h12-15,17-18,20-22,25,31-32,35,46-49H,11,16H2,1-10H3,(H,42,44)(H,43,51)/b13-12+,17-15-,19-14-. The number of ether oxygens (including phenoxy) is 4. The first-order chi connectivity index (χ1) is 26.4. The summed E-state index contributed by atoms with van der Waals surface area (Å²) in [5.41, 5.74) is 0.689. The zero-order chi connectivity index (χ0) is 41.4. The highest BCUT2D eigenvalue weighted by Gasteiger charge is 2.49. The lowest BCUT2D eigenvalue weighted by Gasteiger charge is -2.38.